The highest BCUT2D eigenvalue weighted by Gasteiger charge is 2.30. The lowest BCUT2D eigenvalue weighted by atomic mass is 9.87. The fourth-order valence-electron chi connectivity index (χ4n) is 3.61. The van der Waals surface area contributed by atoms with Gasteiger partial charge in [-0.1, -0.05) is 41.9 Å². The van der Waals surface area contributed by atoms with Crippen LogP contribution in [0.4, 0.5) is 0 Å². The number of rotatable bonds is 3. The third-order valence-electron chi connectivity index (χ3n) is 5.09. The molecule has 2 aromatic carbocycles. The average molecular weight is 374 g/mol. The third-order valence-corrected chi connectivity index (χ3v) is 5.37. The van der Waals surface area contributed by atoms with Gasteiger partial charge in [-0.15, -0.1) is 0 Å². The number of nitrogens with zero attached hydrogens (tertiary/aromatic N) is 1. The van der Waals surface area contributed by atoms with Crippen LogP contribution in [0.1, 0.15) is 34.9 Å². The lowest BCUT2D eigenvalue weighted by Crippen LogP contribution is -2.39. The number of ether oxygens (including phenoxy) is 2. The Labute approximate surface area is 157 Å². The molecular weight excluding hydrogens is 354 g/mol. The number of carbonyl (C=O) groups is 1. The molecule has 2 heterocycles. The van der Waals surface area contributed by atoms with Crippen molar-refractivity contribution in [2.24, 2.45) is 5.92 Å². The fraction of sp³-hybridized carbons (Fsp3) is 0.350. The fourth-order valence-corrected chi connectivity index (χ4v) is 3.88. The number of carbonyl (C=O) groups excluding carboxylic acids is 1. The zero-order chi connectivity index (χ0) is 18.1. The predicted octanol–water partition coefficient (Wildman–Crippen LogP) is 3.65. The average Bonchev–Trinajstić information content (AvgIpc) is 3.17. The van der Waals surface area contributed by atoms with E-state index in [1.54, 1.807) is 12.1 Å². The summed E-state index contributed by atoms with van der Waals surface area (Å²) in [4.78, 5) is 14.6. The molecule has 0 bridgehead atoms. The first kappa shape index (κ1) is 17.2. The maximum Gasteiger partial charge on any atom is 0.254 e. The number of fused-ring (bicyclic) bond motifs is 1. The predicted molar refractivity (Wildman–Crippen MR) is 97.6 cm³/mol. The lowest BCUT2D eigenvalue weighted by molar-refractivity contribution is 0.0462. The molecule has 1 unspecified atom stereocenters. The van der Waals surface area contributed by atoms with Gasteiger partial charge in [-0.05, 0) is 36.5 Å². The Morgan fingerprint density at radius 1 is 1.15 bits per heavy atom. The Balaban J connectivity index is 1.42. The number of piperidine rings is 1. The van der Waals surface area contributed by atoms with Gasteiger partial charge < -0.3 is 19.5 Å². The summed E-state index contributed by atoms with van der Waals surface area (Å²) in [6.45, 7) is 1.34. The number of hydrogen-bond acceptors (Lipinski definition) is 4. The lowest BCUT2D eigenvalue weighted by Gasteiger charge is -2.34. The largest absolute Gasteiger partial charge is 0.454 e. The zero-order valence-corrected chi connectivity index (χ0v) is 15.0. The molecule has 4 rings (SSSR count). The van der Waals surface area contributed by atoms with Crippen molar-refractivity contribution >= 4 is 17.5 Å². The minimum atomic E-state index is -0.492. The summed E-state index contributed by atoms with van der Waals surface area (Å²) in [7, 11) is 0. The number of amides is 1. The third kappa shape index (κ3) is 3.24. The zero-order valence-electron chi connectivity index (χ0n) is 14.2. The van der Waals surface area contributed by atoms with E-state index in [1.807, 2.05) is 35.2 Å². The highest BCUT2D eigenvalue weighted by atomic mass is 35.5. The van der Waals surface area contributed by atoms with Crippen LogP contribution in [-0.2, 0) is 0 Å². The van der Waals surface area contributed by atoms with Crippen LogP contribution in [0.3, 0.4) is 0 Å². The van der Waals surface area contributed by atoms with Crippen molar-refractivity contribution in [3.05, 3.63) is 58.6 Å². The minimum absolute atomic E-state index is 0.0714. The summed E-state index contributed by atoms with van der Waals surface area (Å²) in [5.74, 6) is 1.09. The molecule has 0 saturated carbocycles. The van der Waals surface area contributed by atoms with Crippen LogP contribution in [0.5, 0.6) is 11.5 Å². The van der Waals surface area contributed by atoms with Crippen LogP contribution in [0.2, 0.25) is 5.02 Å². The summed E-state index contributed by atoms with van der Waals surface area (Å²) >= 11 is 6.18. The van der Waals surface area contributed by atoms with Crippen LogP contribution < -0.4 is 9.47 Å². The van der Waals surface area contributed by atoms with Gasteiger partial charge >= 0.3 is 0 Å². The van der Waals surface area contributed by atoms with Crippen molar-refractivity contribution in [3.63, 3.8) is 0 Å². The quantitative estimate of drug-likeness (QED) is 0.892. The van der Waals surface area contributed by atoms with Crippen LogP contribution >= 0.6 is 11.6 Å². The van der Waals surface area contributed by atoms with Crippen molar-refractivity contribution in [1.29, 1.82) is 0 Å². The van der Waals surface area contributed by atoms with E-state index in [9.17, 15) is 9.90 Å². The van der Waals surface area contributed by atoms with Gasteiger partial charge in [-0.25, -0.2) is 0 Å². The molecule has 6 heteroatoms. The number of halogens is 1. The van der Waals surface area contributed by atoms with Gasteiger partial charge in [0, 0.05) is 18.7 Å². The highest BCUT2D eigenvalue weighted by molar-refractivity contribution is 6.32. The second-order valence-corrected chi connectivity index (χ2v) is 7.08. The van der Waals surface area contributed by atoms with E-state index in [0.29, 0.717) is 35.2 Å². The van der Waals surface area contributed by atoms with E-state index in [1.165, 1.54) is 0 Å². The number of hydrogen-bond donors (Lipinski definition) is 1. The van der Waals surface area contributed by atoms with Gasteiger partial charge in [0.15, 0.2) is 11.5 Å². The molecular formula is C20H20ClNO4. The van der Waals surface area contributed by atoms with Gasteiger partial charge in [0.25, 0.3) is 5.91 Å². The number of benzene rings is 2. The molecule has 1 atom stereocenters. The molecule has 1 N–H and O–H groups in total. The molecule has 26 heavy (non-hydrogen) atoms. The maximum atomic E-state index is 12.8. The van der Waals surface area contributed by atoms with Crippen LogP contribution in [-0.4, -0.2) is 35.8 Å². The first-order valence-electron chi connectivity index (χ1n) is 8.75. The molecule has 1 fully saturated rings. The second kappa shape index (κ2) is 7.17. The van der Waals surface area contributed by atoms with Crippen molar-refractivity contribution in [1.82, 2.24) is 4.90 Å². The van der Waals surface area contributed by atoms with E-state index < -0.39 is 6.10 Å². The van der Waals surface area contributed by atoms with Gasteiger partial charge in [0.2, 0.25) is 6.79 Å². The Morgan fingerprint density at radius 3 is 2.62 bits per heavy atom. The van der Waals surface area contributed by atoms with E-state index in [0.717, 1.165) is 18.4 Å². The van der Waals surface area contributed by atoms with Gasteiger partial charge in [-0.2, -0.15) is 0 Å². The summed E-state index contributed by atoms with van der Waals surface area (Å²) in [5.41, 5.74) is 1.43. The Morgan fingerprint density at radius 2 is 1.88 bits per heavy atom. The topological polar surface area (TPSA) is 59.0 Å². The van der Waals surface area contributed by atoms with E-state index >= 15 is 0 Å². The Kier molecular flexibility index (Phi) is 4.74. The molecule has 0 radical (unpaired) electrons. The monoisotopic (exact) mass is 373 g/mol. The summed E-state index contributed by atoms with van der Waals surface area (Å²) in [6.07, 6.45) is 1.04. The van der Waals surface area contributed by atoms with Crippen LogP contribution in [0.15, 0.2) is 42.5 Å². The van der Waals surface area contributed by atoms with Crippen molar-refractivity contribution in [3.8, 4) is 11.5 Å². The van der Waals surface area contributed by atoms with Crippen LogP contribution in [0, 0.1) is 5.92 Å². The number of aliphatic hydroxyl groups is 1. The van der Waals surface area contributed by atoms with Crippen molar-refractivity contribution in [2.75, 3.05) is 19.9 Å². The van der Waals surface area contributed by atoms with Crippen LogP contribution in [0.25, 0.3) is 0 Å². The molecule has 5 nitrogen and oxygen atoms in total. The minimum Gasteiger partial charge on any atom is -0.454 e. The highest BCUT2D eigenvalue weighted by Crippen LogP contribution is 2.40. The molecule has 0 aliphatic carbocycles. The van der Waals surface area contributed by atoms with E-state index in [-0.39, 0.29) is 18.6 Å². The van der Waals surface area contributed by atoms with E-state index in [2.05, 4.69) is 0 Å². The molecule has 2 aliphatic rings. The Bertz CT molecular complexity index is 803. The molecule has 2 aliphatic heterocycles. The summed E-state index contributed by atoms with van der Waals surface area (Å²) in [5, 5.41) is 11.0. The molecule has 0 aromatic heterocycles. The van der Waals surface area contributed by atoms with Gasteiger partial charge in [0.05, 0.1) is 11.1 Å². The van der Waals surface area contributed by atoms with Crippen molar-refractivity contribution < 1.29 is 19.4 Å². The van der Waals surface area contributed by atoms with Gasteiger partial charge in [0.1, 0.15) is 0 Å². The van der Waals surface area contributed by atoms with Gasteiger partial charge in [-0.3, -0.25) is 4.79 Å². The number of aliphatic hydroxyl groups excluding tert-OH is 1. The van der Waals surface area contributed by atoms with E-state index in [4.69, 9.17) is 21.1 Å². The molecule has 136 valence electrons. The summed E-state index contributed by atoms with van der Waals surface area (Å²) in [6, 6.07) is 13.0. The molecule has 2 aromatic rings. The SMILES string of the molecule is O=C(c1cc(Cl)c2c(c1)OCO2)N1CCC(C(O)c2ccccc2)CC1. The maximum absolute atomic E-state index is 12.8. The molecule has 1 amide bonds. The number of likely N-dealkylation sites (tertiary alicyclic amines) is 1. The van der Waals surface area contributed by atoms with Crippen molar-refractivity contribution in [2.45, 2.75) is 18.9 Å². The standard InChI is InChI=1S/C20H20ClNO4/c21-16-10-15(11-17-19(16)26-12-25-17)20(24)22-8-6-14(7-9-22)18(23)13-4-2-1-3-5-13/h1-5,10-11,14,18,23H,6-9,12H2. The normalized spacial score (nSPS) is 18.0. The smallest absolute Gasteiger partial charge is 0.254 e. The Hall–Kier alpha value is -2.24. The molecule has 0 spiro atoms. The second-order valence-electron chi connectivity index (χ2n) is 6.68. The first-order valence-corrected chi connectivity index (χ1v) is 9.12. The first-order chi connectivity index (χ1) is 12.6. The summed E-state index contributed by atoms with van der Waals surface area (Å²) < 4.78 is 10.6. The molecule has 1 saturated heterocycles.